The van der Waals surface area contributed by atoms with Gasteiger partial charge in [0.1, 0.15) is 5.82 Å². The number of piperidine rings is 1. The smallest absolute Gasteiger partial charge is 0.161 e. The molecule has 0 aliphatic carbocycles. The van der Waals surface area contributed by atoms with Crippen LogP contribution in [0, 0.1) is 23.4 Å². The molecule has 5 heteroatoms. The molecule has 0 aromatic heterocycles. The average molecular weight is 272 g/mol. The van der Waals surface area contributed by atoms with E-state index in [0.29, 0.717) is 18.5 Å². The molecule has 1 aliphatic rings. The molecule has 1 atom stereocenters. The summed E-state index contributed by atoms with van der Waals surface area (Å²) in [6.45, 7) is 3.13. The van der Waals surface area contributed by atoms with Gasteiger partial charge >= 0.3 is 0 Å². The minimum Gasteiger partial charge on any atom is -0.316 e. The van der Waals surface area contributed by atoms with Gasteiger partial charge in [-0.05, 0) is 45.0 Å². The molecule has 19 heavy (non-hydrogen) atoms. The third-order valence-corrected chi connectivity index (χ3v) is 3.50. The van der Waals surface area contributed by atoms with E-state index < -0.39 is 17.5 Å². The van der Waals surface area contributed by atoms with Gasteiger partial charge in [0.05, 0.1) is 0 Å². The lowest BCUT2D eigenvalue weighted by molar-refractivity contribution is 0.235. The average Bonchev–Trinajstić information content (AvgIpc) is 2.37. The fourth-order valence-electron chi connectivity index (χ4n) is 2.56. The van der Waals surface area contributed by atoms with E-state index in [4.69, 9.17) is 0 Å². The first-order valence-electron chi connectivity index (χ1n) is 6.59. The highest BCUT2D eigenvalue weighted by Gasteiger charge is 2.17. The van der Waals surface area contributed by atoms with Gasteiger partial charge in [0.25, 0.3) is 0 Å². The molecule has 0 saturated carbocycles. The predicted octanol–water partition coefficient (Wildman–Crippen LogP) is 2.54. The van der Waals surface area contributed by atoms with Crippen molar-refractivity contribution < 1.29 is 13.2 Å². The summed E-state index contributed by atoms with van der Waals surface area (Å²) in [5.41, 5.74) is 0.199. The monoisotopic (exact) mass is 272 g/mol. The second kappa shape index (κ2) is 6.39. The van der Waals surface area contributed by atoms with Crippen LogP contribution in [0.2, 0.25) is 0 Å². The van der Waals surface area contributed by atoms with E-state index in [0.717, 1.165) is 38.5 Å². The summed E-state index contributed by atoms with van der Waals surface area (Å²) >= 11 is 0. The lowest BCUT2D eigenvalue weighted by atomic mass is 9.99. The fraction of sp³-hybridized carbons (Fsp3) is 0.571. The van der Waals surface area contributed by atoms with Gasteiger partial charge in [-0.1, -0.05) is 0 Å². The minimum absolute atomic E-state index is 0.199. The van der Waals surface area contributed by atoms with Crippen molar-refractivity contribution >= 4 is 0 Å². The fourth-order valence-corrected chi connectivity index (χ4v) is 2.56. The maximum atomic E-state index is 13.5. The molecule has 1 fully saturated rings. The summed E-state index contributed by atoms with van der Waals surface area (Å²) in [7, 11) is 1.87. The topological polar surface area (TPSA) is 15.3 Å². The van der Waals surface area contributed by atoms with Crippen LogP contribution >= 0.6 is 0 Å². The van der Waals surface area contributed by atoms with E-state index in [-0.39, 0.29) is 5.56 Å². The molecule has 1 unspecified atom stereocenters. The van der Waals surface area contributed by atoms with Gasteiger partial charge in [-0.15, -0.1) is 0 Å². The normalized spacial score (nSPS) is 19.9. The summed E-state index contributed by atoms with van der Waals surface area (Å²) in [6.07, 6.45) is 2.30. The number of hydrogen-bond acceptors (Lipinski definition) is 2. The van der Waals surface area contributed by atoms with Crippen LogP contribution in [0.15, 0.2) is 12.1 Å². The summed E-state index contributed by atoms with van der Waals surface area (Å²) in [6, 6.07) is 1.56. The quantitative estimate of drug-likeness (QED) is 0.847. The van der Waals surface area contributed by atoms with Gasteiger partial charge in [-0.3, -0.25) is 0 Å². The molecule has 0 radical (unpaired) electrons. The first-order valence-corrected chi connectivity index (χ1v) is 6.59. The van der Waals surface area contributed by atoms with Crippen molar-refractivity contribution in [2.45, 2.75) is 19.4 Å². The van der Waals surface area contributed by atoms with Crippen molar-refractivity contribution in [1.82, 2.24) is 10.2 Å². The van der Waals surface area contributed by atoms with Crippen molar-refractivity contribution in [1.29, 1.82) is 0 Å². The molecule has 1 aromatic carbocycles. The van der Waals surface area contributed by atoms with Crippen LogP contribution in [0.3, 0.4) is 0 Å². The number of hydrogen-bond donors (Lipinski definition) is 1. The number of benzene rings is 1. The van der Waals surface area contributed by atoms with E-state index in [1.54, 1.807) is 0 Å². The van der Waals surface area contributed by atoms with E-state index in [9.17, 15) is 13.2 Å². The highest BCUT2D eigenvalue weighted by molar-refractivity contribution is 5.20. The molecule has 1 aliphatic heterocycles. The maximum Gasteiger partial charge on any atom is 0.161 e. The Morgan fingerprint density at radius 1 is 1.21 bits per heavy atom. The van der Waals surface area contributed by atoms with Crippen molar-refractivity contribution in [2.75, 3.05) is 26.7 Å². The standard InChI is InChI=1S/C14H19F3N2/c1-19(8-10-3-2-4-18-7-10)9-11-5-13(16)14(17)6-12(11)15/h5-6,10,18H,2-4,7-9H2,1H3. The van der Waals surface area contributed by atoms with E-state index in [1.807, 2.05) is 11.9 Å². The Hall–Kier alpha value is -1.07. The van der Waals surface area contributed by atoms with Gasteiger partial charge in [0, 0.05) is 24.7 Å². The zero-order valence-electron chi connectivity index (χ0n) is 11.1. The summed E-state index contributed by atoms with van der Waals surface area (Å²) < 4.78 is 39.5. The van der Waals surface area contributed by atoms with E-state index in [1.165, 1.54) is 0 Å². The molecule has 2 rings (SSSR count). The summed E-state index contributed by atoms with van der Waals surface area (Å²) in [5.74, 6) is -2.29. The highest BCUT2D eigenvalue weighted by atomic mass is 19.2. The molecule has 1 aromatic rings. The SMILES string of the molecule is CN(Cc1cc(F)c(F)cc1F)CC1CCCNC1. The summed E-state index contributed by atoms with van der Waals surface area (Å²) in [5, 5.41) is 3.32. The Bertz CT molecular complexity index is 431. The predicted molar refractivity (Wildman–Crippen MR) is 68.2 cm³/mol. The molecule has 1 heterocycles. The van der Waals surface area contributed by atoms with Crippen LogP contribution in [-0.4, -0.2) is 31.6 Å². The Morgan fingerprint density at radius 3 is 2.63 bits per heavy atom. The van der Waals surface area contributed by atoms with Gasteiger partial charge in [-0.2, -0.15) is 0 Å². The van der Waals surface area contributed by atoms with Gasteiger partial charge < -0.3 is 10.2 Å². The zero-order chi connectivity index (χ0) is 13.8. The third-order valence-electron chi connectivity index (χ3n) is 3.50. The lowest BCUT2D eigenvalue weighted by Gasteiger charge is -2.27. The van der Waals surface area contributed by atoms with Crippen LogP contribution in [0.4, 0.5) is 13.2 Å². The number of rotatable bonds is 4. The molecule has 1 N–H and O–H groups in total. The van der Waals surface area contributed by atoms with Gasteiger partial charge in [-0.25, -0.2) is 13.2 Å². The van der Waals surface area contributed by atoms with E-state index >= 15 is 0 Å². The third kappa shape index (κ3) is 3.94. The van der Waals surface area contributed by atoms with Gasteiger partial charge in [0.2, 0.25) is 0 Å². The molecule has 0 amide bonds. The summed E-state index contributed by atoms with van der Waals surface area (Å²) in [4.78, 5) is 1.95. The number of halogens is 3. The van der Waals surface area contributed by atoms with Crippen molar-refractivity contribution in [3.63, 3.8) is 0 Å². The molecular formula is C14H19F3N2. The van der Waals surface area contributed by atoms with Crippen LogP contribution in [0.5, 0.6) is 0 Å². The molecule has 0 spiro atoms. The van der Waals surface area contributed by atoms with Crippen LogP contribution in [-0.2, 0) is 6.54 Å². The minimum atomic E-state index is -1.14. The van der Waals surface area contributed by atoms with Crippen LogP contribution < -0.4 is 5.32 Å². The largest absolute Gasteiger partial charge is 0.316 e. The van der Waals surface area contributed by atoms with Crippen molar-refractivity contribution in [3.8, 4) is 0 Å². The molecule has 0 bridgehead atoms. The Labute approximate surface area is 111 Å². The van der Waals surface area contributed by atoms with Crippen molar-refractivity contribution in [3.05, 3.63) is 35.1 Å². The number of nitrogens with zero attached hydrogens (tertiary/aromatic N) is 1. The zero-order valence-corrected chi connectivity index (χ0v) is 11.1. The lowest BCUT2D eigenvalue weighted by Crippen LogP contribution is -2.36. The Balaban J connectivity index is 1.94. The van der Waals surface area contributed by atoms with Crippen LogP contribution in [0.1, 0.15) is 18.4 Å². The first-order chi connectivity index (χ1) is 9.06. The molecule has 1 saturated heterocycles. The Kier molecular flexibility index (Phi) is 4.82. The van der Waals surface area contributed by atoms with E-state index in [2.05, 4.69) is 5.32 Å². The second-order valence-corrected chi connectivity index (χ2v) is 5.27. The van der Waals surface area contributed by atoms with Crippen LogP contribution in [0.25, 0.3) is 0 Å². The molecule has 2 nitrogen and oxygen atoms in total. The molecule has 106 valence electrons. The van der Waals surface area contributed by atoms with Gasteiger partial charge in [0.15, 0.2) is 11.6 Å². The second-order valence-electron chi connectivity index (χ2n) is 5.27. The maximum absolute atomic E-state index is 13.5. The highest BCUT2D eigenvalue weighted by Crippen LogP contribution is 2.17. The van der Waals surface area contributed by atoms with Crippen molar-refractivity contribution in [2.24, 2.45) is 5.92 Å². The Morgan fingerprint density at radius 2 is 1.95 bits per heavy atom. The molecular weight excluding hydrogens is 253 g/mol. The number of nitrogens with one attached hydrogen (secondary N) is 1. The first kappa shape index (κ1) is 14.3.